The third kappa shape index (κ3) is 87.0. The van der Waals surface area contributed by atoms with Gasteiger partial charge in [0.25, 0.3) is 0 Å². The quantitative estimate of drug-likeness (QED) is 0.0304. The molecule has 0 spiro atoms. The second kappa shape index (κ2) is 90.4. The number of carboxylic acids is 6. The van der Waals surface area contributed by atoms with Crippen LogP contribution in [-0.4, -0.2) is 237 Å². The molecule has 0 fully saturated rings. The smallest absolute Gasteiger partial charge is 0.870 e. The van der Waals surface area contributed by atoms with Crippen LogP contribution in [0.2, 0.25) is 0 Å². The molecule has 0 heterocycles. The number of carboxylic acid groups (broad SMARTS) is 6. The fraction of sp³-hybridized carbons (Fsp3) is 0.403. The number of aliphatic hydroxyl groups is 4. The number of rotatable bonds is 30. The van der Waals surface area contributed by atoms with Crippen LogP contribution >= 0.6 is 0 Å². The maximum absolute atomic E-state index is 10.2. The average molecular weight is 1940 g/mol. The van der Waals surface area contributed by atoms with Crippen LogP contribution in [0.4, 0.5) is 0 Å². The largest absolute Gasteiger partial charge is 3.00 e. The Labute approximate surface area is 735 Å². The van der Waals surface area contributed by atoms with Crippen molar-refractivity contribution in [3.8, 4) is 6.07 Å². The molecule has 6 rings (SSSR count). The number of aliphatic hydroxyl groups excluding tert-OH is 4. The molecule has 35 heteroatoms. The first-order valence-electron chi connectivity index (χ1n) is 31.2. The first-order valence-corrected chi connectivity index (χ1v) is 31.2. The molecule has 0 aliphatic rings. The Balaban J connectivity index is -0.000000105. The summed E-state index contributed by atoms with van der Waals surface area (Å²) in [6, 6.07) is 50.1. The normalized spacial score (nSPS) is 10.3. The van der Waals surface area contributed by atoms with E-state index in [1.165, 1.54) is 79.7 Å². The van der Waals surface area contributed by atoms with Gasteiger partial charge in [-0.3, -0.25) is 0 Å². The number of benzene rings is 6. The first kappa shape index (κ1) is 126. The standard InChI is InChI=1S/4C7H15NO3.6C7H6O2.C2H3N.3Fe.H2O.2Yb/c4*1-7(11)6-8(2-4-9)3-5-10;6*8-7(9)6-4-2-1-3-5-6;1-2-3;;;;;;/h4*7,11H,2-6H2,1H3;6*1-5H,(H,8,9);1H3;;;;1H2;;/q4*-2;;;;;;;;3*+3;;2*+3/p-7/t4*7-;;;;;;;;;;;;;/m1100............./s1. The predicted molar refractivity (Wildman–Crippen MR) is 349 cm³/mol. The van der Waals surface area contributed by atoms with Gasteiger partial charge in [0.15, 0.2) is 0 Å². The van der Waals surface area contributed by atoms with Crippen LogP contribution in [0.25, 0.3) is 0 Å². The van der Waals surface area contributed by atoms with Crippen molar-refractivity contribution < 1.29 is 271 Å². The summed E-state index contributed by atoms with van der Waals surface area (Å²) in [6.07, 6.45) is -1.86. The fourth-order valence-electron chi connectivity index (χ4n) is 7.15. The molecule has 0 unspecified atom stereocenters. The molecule has 107 heavy (non-hydrogen) atoms. The van der Waals surface area contributed by atoms with Crippen molar-refractivity contribution in [2.45, 2.75) is 59.0 Å². The van der Waals surface area contributed by atoms with E-state index in [1.807, 2.05) is 0 Å². The van der Waals surface area contributed by atoms with Gasteiger partial charge < -0.3 is 146 Å². The van der Waals surface area contributed by atoms with E-state index in [4.69, 9.17) is 25.7 Å². The van der Waals surface area contributed by atoms with Crippen LogP contribution in [0.3, 0.4) is 0 Å². The van der Waals surface area contributed by atoms with E-state index >= 15 is 0 Å². The van der Waals surface area contributed by atoms with E-state index in [0.29, 0.717) is 78.5 Å². The molecular formula is C72H94Fe3N5O25Yb2. The van der Waals surface area contributed by atoms with Crippen LogP contribution in [0, 0.1) is 105 Å². The SMILES string of the molecule is CC#N.C[C@@H](O)CN(CC[O-])CC[O-].C[C@@H](O)CN(CC[O-])CC[O-].C[C@H](O)CN(CC[O-])CC[O-].C[C@H](O)CN(CC[O-])CC[O-].O=C([O-])c1ccccc1.O=C([O-])c1ccccc1.O=C([O-])c1ccccc1.O=C([O-])c1ccccc1.O=C([O-])c1ccccc1.O=C([O-])c1ccccc1.[Fe+3].[Fe+3].[Fe+3].[OH-].[Yb+3].[Yb+3]. The Morgan fingerprint density at radius 1 is 0.299 bits per heavy atom. The monoisotopic (exact) mass is 1940 g/mol. The summed E-state index contributed by atoms with van der Waals surface area (Å²) < 4.78 is 0. The molecule has 5 radical (unpaired) electrons. The summed E-state index contributed by atoms with van der Waals surface area (Å²) in [4.78, 5) is 67.3. The Bertz CT molecular complexity index is 2460. The molecule has 0 bridgehead atoms. The summed E-state index contributed by atoms with van der Waals surface area (Å²) in [5, 5.41) is 185. The zero-order chi connectivity index (χ0) is 77.6. The van der Waals surface area contributed by atoms with E-state index in [1.54, 1.807) is 163 Å². The molecule has 30 nitrogen and oxygen atoms in total. The number of hydrogen-bond donors (Lipinski definition) is 4. The van der Waals surface area contributed by atoms with Crippen molar-refractivity contribution in [2.24, 2.45) is 0 Å². The first-order chi connectivity index (χ1) is 48.0. The maximum Gasteiger partial charge on any atom is 3.00 e. The third-order valence-corrected chi connectivity index (χ3v) is 11.4. The number of hydrogen-bond acceptors (Lipinski definition) is 30. The summed E-state index contributed by atoms with van der Waals surface area (Å²) in [5.41, 5.74) is 1.32. The molecule has 0 saturated carbocycles. The Kier molecular flexibility index (Phi) is 107. The topological polar surface area (TPSA) is 573 Å². The molecule has 5 N–H and O–H groups in total. The van der Waals surface area contributed by atoms with Crippen molar-refractivity contribution in [2.75, 3.05) is 131 Å². The van der Waals surface area contributed by atoms with Gasteiger partial charge in [-0.1, -0.05) is 182 Å². The average Bonchev–Trinajstić information content (AvgIpc) is 0.964. The van der Waals surface area contributed by atoms with E-state index < -0.39 is 60.2 Å². The van der Waals surface area contributed by atoms with Crippen LogP contribution in [0.15, 0.2) is 182 Å². The Hall–Kier alpha value is -4.45. The van der Waals surface area contributed by atoms with Crippen molar-refractivity contribution in [3.05, 3.63) is 215 Å². The van der Waals surface area contributed by atoms with Crippen LogP contribution in [0.1, 0.15) is 96.8 Å². The molecule has 0 aromatic heterocycles. The maximum atomic E-state index is 10.2. The molecule has 4 atom stereocenters. The van der Waals surface area contributed by atoms with Gasteiger partial charge in [-0.25, -0.2) is 0 Å². The number of aromatic carboxylic acids is 6. The van der Waals surface area contributed by atoms with Gasteiger partial charge in [0.1, 0.15) is 0 Å². The van der Waals surface area contributed by atoms with E-state index in [0.717, 1.165) is 0 Å². The van der Waals surface area contributed by atoms with Crippen LogP contribution < -0.4 is 71.5 Å². The zero-order valence-electron chi connectivity index (χ0n) is 59.5. The van der Waals surface area contributed by atoms with Gasteiger partial charge in [-0.2, -0.15) is 5.26 Å². The molecule has 0 amide bonds. The summed E-state index contributed by atoms with van der Waals surface area (Å²) in [7, 11) is 0. The second-order valence-corrected chi connectivity index (χ2v) is 20.4. The minimum Gasteiger partial charge on any atom is -0.870 e. The molecule has 0 aliphatic carbocycles. The van der Waals surface area contributed by atoms with Gasteiger partial charge >= 0.3 is 145 Å². The molecule has 0 aliphatic heterocycles. The fourth-order valence-corrected chi connectivity index (χ4v) is 7.15. The minimum atomic E-state index is -1.13. The Morgan fingerprint density at radius 3 is 0.449 bits per heavy atom. The van der Waals surface area contributed by atoms with Crippen LogP contribution in [-0.2, 0) is 51.2 Å². The zero-order valence-corrected chi connectivity index (χ0v) is 66.2. The van der Waals surface area contributed by atoms with Gasteiger partial charge in [0.2, 0.25) is 0 Å². The van der Waals surface area contributed by atoms with Crippen molar-refractivity contribution >= 4 is 35.8 Å². The number of nitriles is 1. The van der Waals surface area contributed by atoms with E-state index in [2.05, 4.69) is 0 Å². The number of carbonyl (C=O) groups excluding carboxylic acids is 6. The van der Waals surface area contributed by atoms with Crippen molar-refractivity contribution in [1.82, 2.24) is 19.6 Å². The van der Waals surface area contributed by atoms with Gasteiger partial charge in [0, 0.05) is 33.1 Å². The summed E-state index contributed by atoms with van der Waals surface area (Å²) >= 11 is 0. The molecule has 609 valence electrons. The minimum absolute atomic E-state index is 0. The number of carbonyl (C=O) groups is 6. The van der Waals surface area contributed by atoms with E-state index in [-0.39, 0.29) is 237 Å². The van der Waals surface area contributed by atoms with E-state index in [9.17, 15) is 100 Å². The van der Waals surface area contributed by atoms with Gasteiger partial charge in [-0.05, 0) is 113 Å². The summed E-state index contributed by atoms with van der Waals surface area (Å²) in [5.74, 6) is -6.77. The van der Waals surface area contributed by atoms with Crippen molar-refractivity contribution in [1.29, 1.82) is 5.26 Å². The molecule has 6 aromatic rings. The van der Waals surface area contributed by atoms with Gasteiger partial charge in [-0.15, -0.1) is 52.9 Å². The molecule has 6 aromatic carbocycles. The Morgan fingerprint density at radius 2 is 0.393 bits per heavy atom. The molecule has 0 saturated heterocycles. The molecular weight excluding hydrogens is 1850 g/mol. The third-order valence-electron chi connectivity index (χ3n) is 11.4. The number of nitrogens with zero attached hydrogens (tertiary/aromatic N) is 5. The second-order valence-electron chi connectivity index (χ2n) is 20.4. The van der Waals surface area contributed by atoms with Crippen molar-refractivity contribution in [3.63, 3.8) is 0 Å². The predicted octanol–water partition coefficient (Wildman–Crippen LogP) is -9.79. The van der Waals surface area contributed by atoms with Crippen LogP contribution in [0.5, 0.6) is 0 Å². The summed E-state index contributed by atoms with van der Waals surface area (Å²) in [6.45, 7) is 10.8. The van der Waals surface area contributed by atoms with Gasteiger partial charge in [0.05, 0.1) is 66.3 Å².